The molecule has 0 aromatic heterocycles. The van der Waals surface area contributed by atoms with Crippen molar-refractivity contribution in [1.82, 2.24) is 4.90 Å². The van der Waals surface area contributed by atoms with Crippen LogP contribution in [0.1, 0.15) is 26.7 Å². The first-order valence-electron chi connectivity index (χ1n) is 5.77. The van der Waals surface area contributed by atoms with Crippen molar-refractivity contribution in [3.63, 3.8) is 0 Å². The number of rotatable bonds is 8. The Morgan fingerprint density at radius 1 is 1.41 bits per heavy atom. The van der Waals surface area contributed by atoms with Gasteiger partial charge in [-0.3, -0.25) is 9.69 Å². The van der Waals surface area contributed by atoms with Crippen LogP contribution in [0.15, 0.2) is 11.6 Å². The van der Waals surface area contributed by atoms with Gasteiger partial charge < -0.3 is 10.5 Å². The fourth-order valence-corrected chi connectivity index (χ4v) is 1.35. The van der Waals surface area contributed by atoms with Crippen LogP contribution in [0.2, 0.25) is 0 Å². The van der Waals surface area contributed by atoms with Gasteiger partial charge in [-0.2, -0.15) is 0 Å². The molecule has 0 rings (SSSR count). The van der Waals surface area contributed by atoms with E-state index in [0.29, 0.717) is 12.1 Å². The maximum Gasteiger partial charge on any atom is 0.333 e. The first-order valence-corrected chi connectivity index (χ1v) is 5.77. The molecular formula is C12H22N2O3. The summed E-state index contributed by atoms with van der Waals surface area (Å²) in [5, 5.41) is 0. The third kappa shape index (κ3) is 7.52. The van der Waals surface area contributed by atoms with Crippen LogP contribution >= 0.6 is 0 Å². The predicted octanol–water partition coefficient (Wildman–Crippen LogP) is 0.693. The zero-order valence-corrected chi connectivity index (χ0v) is 10.9. The summed E-state index contributed by atoms with van der Waals surface area (Å²) in [6.45, 7) is 5.31. The average molecular weight is 242 g/mol. The second-order valence-electron chi connectivity index (χ2n) is 3.93. The predicted molar refractivity (Wildman–Crippen MR) is 66.3 cm³/mol. The minimum atomic E-state index is -0.356. The second-order valence-corrected chi connectivity index (χ2v) is 3.93. The fourth-order valence-electron chi connectivity index (χ4n) is 1.35. The summed E-state index contributed by atoms with van der Waals surface area (Å²) in [4.78, 5) is 24.0. The largest absolute Gasteiger partial charge is 0.466 e. The molecule has 1 amide bonds. The molecule has 0 saturated carbocycles. The first kappa shape index (κ1) is 15.6. The number of unbranched alkanes of at least 4 members (excludes halogenated alkanes) is 1. The summed E-state index contributed by atoms with van der Waals surface area (Å²) >= 11 is 0. The highest BCUT2D eigenvalue weighted by atomic mass is 16.5. The van der Waals surface area contributed by atoms with E-state index in [2.05, 4.69) is 11.7 Å². The molecule has 98 valence electrons. The molecule has 0 aromatic rings. The number of primary amides is 1. The molecule has 0 aliphatic carbocycles. The van der Waals surface area contributed by atoms with Gasteiger partial charge in [0.05, 0.1) is 13.7 Å². The van der Waals surface area contributed by atoms with Crippen molar-refractivity contribution >= 4 is 11.9 Å². The number of nitrogens with two attached hydrogens (primary N) is 1. The van der Waals surface area contributed by atoms with Gasteiger partial charge in [-0.25, -0.2) is 4.79 Å². The maximum absolute atomic E-state index is 11.2. The minimum absolute atomic E-state index is 0.213. The number of ether oxygens (including phenoxy) is 1. The Morgan fingerprint density at radius 2 is 2.06 bits per heavy atom. The molecule has 2 N–H and O–H groups in total. The summed E-state index contributed by atoms with van der Waals surface area (Å²) in [5.74, 6) is -0.704. The second kappa shape index (κ2) is 8.75. The Kier molecular flexibility index (Phi) is 8.05. The molecule has 5 heteroatoms. The van der Waals surface area contributed by atoms with Crippen molar-refractivity contribution in [2.75, 3.05) is 26.7 Å². The van der Waals surface area contributed by atoms with Crippen molar-refractivity contribution in [2.45, 2.75) is 26.7 Å². The van der Waals surface area contributed by atoms with Gasteiger partial charge in [-0.1, -0.05) is 19.4 Å². The van der Waals surface area contributed by atoms with E-state index in [9.17, 15) is 9.59 Å². The standard InChI is InChI=1S/C12H22N2O3/c1-4-5-7-14(9-11(13)15)8-6-10(2)12(16)17-3/h6H,4-5,7-9H2,1-3H3,(H2,13,15). The van der Waals surface area contributed by atoms with Crippen LogP contribution in [0.4, 0.5) is 0 Å². The smallest absolute Gasteiger partial charge is 0.333 e. The third-order valence-corrected chi connectivity index (χ3v) is 2.37. The van der Waals surface area contributed by atoms with E-state index in [-0.39, 0.29) is 18.4 Å². The molecule has 5 nitrogen and oxygen atoms in total. The van der Waals surface area contributed by atoms with Crippen molar-refractivity contribution in [1.29, 1.82) is 0 Å². The highest BCUT2D eigenvalue weighted by molar-refractivity contribution is 5.87. The molecule has 0 heterocycles. The zero-order valence-electron chi connectivity index (χ0n) is 10.9. The van der Waals surface area contributed by atoms with Crippen LogP contribution in [0.3, 0.4) is 0 Å². The van der Waals surface area contributed by atoms with E-state index in [1.807, 2.05) is 4.90 Å². The van der Waals surface area contributed by atoms with Gasteiger partial charge in [-0.05, 0) is 19.9 Å². The van der Waals surface area contributed by atoms with Crippen molar-refractivity contribution in [3.8, 4) is 0 Å². The van der Waals surface area contributed by atoms with E-state index < -0.39 is 0 Å². The van der Waals surface area contributed by atoms with Gasteiger partial charge in [0.15, 0.2) is 0 Å². The van der Waals surface area contributed by atoms with Gasteiger partial charge in [0.1, 0.15) is 0 Å². The number of nitrogens with zero attached hydrogens (tertiary/aromatic N) is 1. The molecular weight excluding hydrogens is 220 g/mol. The third-order valence-electron chi connectivity index (χ3n) is 2.37. The molecule has 0 radical (unpaired) electrons. The number of methoxy groups -OCH3 is 1. The van der Waals surface area contributed by atoms with E-state index in [0.717, 1.165) is 19.4 Å². The SMILES string of the molecule is CCCCN(CC=C(C)C(=O)OC)CC(N)=O. The Balaban J connectivity index is 4.31. The Labute approximate surface area is 103 Å². The molecule has 0 unspecified atom stereocenters. The topological polar surface area (TPSA) is 72.6 Å². The molecule has 0 atom stereocenters. The van der Waals surface area contributed by atoms with Gasteiger partial charge in [0.25, 0.3) is 0 Å². The van der Waals surface area contributed by atoms with Gasteiger partial charge in [0.2, 0.25) is 5.91 Å². The molecule has 0 aliphatic heterocycles. The lowest BCUT2D eigenvalue weighted by Crippen LogP contribution is -2.34. The lowest BCUT2D eigenvalue weighted by molar-refractivity contribution is -0.136. The number of amides is 1. The van der Waals surface area contributed by atoms with Crippen molar-refractivity contribution in [3.05, 3.63) is 11.6 Å². The number of hydrogen-bond donors (Lipinski definition) is 1. The Morgan fingerprint density at radius 3 is 2.53 bits per heavy atom. The van der Waals surface area contributed by atoms with E-state index in [1.54, 1.807) is 13.0 Å². The van der Waals surface area contributed by atoms with Gasteiger partial charge >= 0.3 is 5.97 Å². The summed E-state index contributed by atoms with van der Waals surface area (Å²) < 4.78 is 4.59. The van der Waals surface area contributed by atoms with Crippen LogP contribution in [0.5, 0.6) is 0 Å². The van der Waals surface area contributed by atoms with E-state index in [1.165, 1.54) is 7.11 Å². The molecule has 0 fully saturated rings. The summed E-state index contributed by atoms with van der Waals surface area (Å²) in [6.07, 6.45) is 3.80. The van der Waals surface area contributed by atoms with Gasteiger partial charge in [-0.15, -0.1) is 0 Å². The molecule has 0 aromatic carbocycles. The Bertz CT molecular complexity index is 287. The lowest BCUT2D eigenvalue weighted by atomic mass is 10.2. The number of carbonyl (C=O) groups excluding carboxylic acids is 2. The lowest BCUT2D eigenvalue weighted by Gasteiger charge is -2.18. The van der Waals surface area contributed by atoms with E-state index in [4.69, 9.17) is 5.73 Å². The number of esters is 1. The molecule has 0 spiro atoms. The monoisotopic (exact) mass is 242 g/mol. The fraction of sp³-hybridized carbons (Fsp3) is 0.667. The Hall–Kier alpha value is -1.36. The highest BCUT2D eigenvalue weighted by Gasteiger charge is 2.08. The van der Waals surface area contributed by atoms with Crippen LogP contribution in [-0.2, 0) is 14.3 Å². The molecule has 17 heavy (non-hydrogen) atoms. The average Bonchev–Trinajstić information content (AvgIpc) is 2.30. The summed E-state index contributed by atoms with van der Waals surface area (Å²) in [5.41, 5.74) is 5.70. The van der Waals surface area contributed by atoms with Crippen LogP contribution < -0.4 is 5.73 Å². The molecule has 0 aliphatic rings. The number of hydrogen-bond acceptors (Lipinski definition) is 4. The normalized spacial score (nSPS) is 11.6. The summed E-state index contributed by atoms with van der Waals surface area (Å²) in [6, 6.07) is 0. The first-order chi connectivity index (χ1) is 8.01. The van der Waals surface area contributed by atoms with Crippen molar-refractivity contribution in [2.24, 2.45) is 5.73 Å². The quantitative estimate of drug-likeness (QED) is 0.502. The molecule has 0 bridgehead atoms. The maximum atomic E-state index is 11.2. The van der Waals surface area contributed by atoms with Gasteiger partial charge in [0, 0.05) is 12.1 Å². The van der Waals surface area contributed by atoms with Crippen LogP contribution in [0, 0.1) is 0 Å². The summed E-state index contributed by atoms with van der Waals surface area (Å²) in [7, 11) is 1.35. The van der Waals surface area contributed by atoms with E-state index >= 15 is 0 Å². The highest BCUT2D eigenvalue weighted by Crippen LogP contribution is 1.99. The van der Waals surface area contributed by atoms with Crippen molar-refractivity contribution < 1.29 is 14.3 Å². The van der Waals surface area contributed by atoms with Crippen LogP contribution in [0.25, 0.3) is 0 Å². The minimum Gasteiger partial charge on any atom is -0.466 e. The van der Waals surface area contributed by atoms with Crippen LogP contribution in [-0.4, -0.2) is 43.5 Å². The number of carbonyl (C=O) groups is 2. The zero-order chi connectivity index (χ0) is 13.3. The molecule has 0 saturated heterocycles.